The average molecular weight is 394 g/mol. The zero-order chi connectivity index (χ0) is 20.3. The maximum absolute atomic E-state index is 13.8. The molecule has 154 valence electrons. The molecule has 0 spiro atoms. The van der Waals surface area contributed by atoms with Gasteiger partial charge in [-0.1, -0.05) is 64.7 Å². The number of ether oxygens (including phenoxy) is 1. The molecular weight excluding hydrogens is 367 g/mol. The second-order valence-electron chi connectivity index (χ2n) is 6.65. The molecule has 0 aliphatic rings. The highest BCUT2D eigenvalue weighted by Gasteiger charge is 2.40. The second kappa shape index (κ2) is 11.9. The Hall–Kier alpha value is -1.66. The summed E-state index contributed by atoms with van der Waals surface area (Å²) in [6.45, 7) is 2.16. The lowest BCUT2D eigenvalue weighted by Gasteiger charge is -2.17. The highest BCUT2D eigenvalue weighted by molar-refractivity contribution is 5.69. The van der Waals surface area contributed by atoms with Crippen molar-refractivity contribution in [3.05, 3.63) is 35.1 Å². The molecule has 0 aromatic heterocycles. The highest BCUT2D eigenvalue weighted by atomic mass is 19.3. The first-order valence-electron chi connectivity index (χ1n) is 9.53. The molecular formula is C20H27F5O2. The first-order chi connectivity index (χ1) is 12.8. The van der Waals surface area contributed by atoms with E-state index >= 15 is 0 Å². The van der Waals surface area contributed by atoms with Crippen LogP contribution in [0.2, 0.25) is 0 Å². The minimum atomic E-state index is -4.35. The van der Waals surface area contributed by atoms with Gasteiger partial charge >= 0.3 is 12.1 Å². The van der Waals surface area contributed by atoms with Gasteiger partial charge < -0.3 is 4.74 Å². The van der Waals surface area contributed by atoms with Crippen molar-refractivity contribution in [2.75, 3.05) is 0 Å². The van der Waals surface area contributed by atoms with Crippen molar-refractivity contribution in [3.63, 3.8) is 0 Å². The fourth-order valence-corrected chi connectivity index (χ4v) is 2.76. The molecule has 0 radical (unpaired) electrons. The molecule has 1 rings (SSSR count). The van der Waals surface area contributed by atoms with E-state index in [0.717, 1.165) is 19.3 Å². The number of carbonyl (C=O) groups is 1. The van der Waals surface area contributed by atoms with Crippen LogP contribution in [0.5, 0.6) is 0 Å². The maximum atomic E-state index is 13.8. The number of hydrogen-bond acceptors (Lipinski definition) is 2. The van der Waals surface area contributed by atoms with Crippen molar-refractivity contribution in [2.45, 2.75) is 83.7 Å². The van der Waals surface area contributed by atoms with Gasteiger partial charge in [-0.2, -0.15) is 8.78 Å². The lowest BCUT2D eigenvalue weighted by molar-refractivity contribution is -0.241. The Morgan fingerprint density at radius 2 is 1.37 bits per heavy atom. The molecule has 0 amide bonds. The van der Waals surface area contributed by atoms with Gasteiger partial charge in [-0.3, -0.25) is 4.79 Å². The predicted molar refractivity (Wildman–Crippen MR) is 92.8 cm³/mol. The summed E-state index contributed by atoms with van der Waals surface area (Å²) >= 11 is 0. The van der Waals surface area contributed by atoms with E-state index in [9.17, 15) is 26.7 Å². The smallest absolute Gasteiger partial charge is 0.397 e. The van der Waals surface area contributed by atoms with E-state index in [0.29, 0.717) is 25.0 Å². The molecule has 0 unspecified atom stereocenters. The fourth-order valence-electron chi connectivity index (χ4n) is 2.76. The quantitative estimate of drug-likeness (QED) is 0.156. The van der Waals surface area contributed by atoms with Crippen LogP contribution in [0.3, 0.4) is 0 Å². The summed E-state index contributed by atoms with van der Waals surface area (Å²) in [5, 5.41) is 0. The number of unbranched alkanes of at least 4 members (excludes halogenated alkanes) is 9. The number of alkyl halides is 2. The highest BCUT2D eigenvalue weighted by Crippen LogP contribution is 2.33. The van der Waals surface area contributed by atoms with Crippen molar-refractivity contribution in [1.29, 1.82) is 0 Å². The van der Waals surface area contributed by atoms with E-state index in [2.05, 4.69) is 11.7 Å². The van der Waals surface area contributed by atoms with Crippen molar-refractivity contribution in [1.82, 2.24) is 0 Å². The molecule has 1 aromatic rings. The summed E-state index contributed by atoms with van der Waals surface area (Å²) in [6, 6.07) is 0.722. The molecule has 0 fully saturated rings. The summed E-state index contributed by atoms with van der Waals surface area (Å²) in [4.78, 5) is 11.5. The number of hydrogen-bond donors (Lipinski definition) is 0. The third-order valence-electron chi connectivity index (χ3n) is 4.33. The summed E-state index contributed by atoms with van der Waals surface area (Å²) in [6.07, 6.45) is 5.62. The van der Waals surface area contributed by atoms with Crippen molar-refractivity contribution in [3.8, 4) is 0 Å². The van der Waals surface area contributed by atoms with Gasteiger partial charge in [0, 0.05) is 6.42 Å². The van der Waals surface area contributed by atoms with Crippen LogP contribution in [0.1, 0.15) is 83.1 Å². The van der Waals surface area contributed by atoms with E-state index in [1.54, 1.807) is 0 Å². The fraction of sp³-hybridized carbons (Fsp3) is 0.650. The van der Waals surface area contributed by atoms with Gasteiger partial charge in [0.2, 0.25) is 0 Å². The minimum Gasteiger partial charge on any atom is -0.397 e. The van der Waals surface area contributed by atoms with Gasteiger partial charge in [-0.05, 0) is 18.6 Å². The SMILES string of the molecule is CCCCCCCCCCCCC(=O)OC(F)(F)c1ccc(F)c(F)c1F. The Morgan fingerprint density at radius 1 is 0.852 bits per heavy atom. The molecule has 7 heteroatoms. The summed E-state index contributed by atoms with van der Waals surface area (Å²) < 4.78 is 70.9. The number of rotatable bonds is 13. The Kier molecular flexibility index (Phi) is 10.3. The van der Waals surface area contributed by atoms with Crippen molar-refractivity contribution in [2.24, 2.45) is 0 Å². The molecule has 0 heterocycles. The van der Waals surface area contributed by atoms with E-state index < -0.39 is 35.1 Å². The van der Waals surface area contributed by atoms with Crippen LogP contribution < -0.4 is 0 Å². The molecule has 0 saturated carbocycles. The van der Waals surface area contributed by atoms with Crippen molar-refractivity contribution >= 4 is 5.97 Å². The Morgan fingerprint density at radius 3 is 1.93 bits per heavy atom. The van der Waals surface area contributed by atoms with Crippen LogP contribution in [0.15, 0.2) is 12.1 Å². The first kappa shape index (κ1) is 23.4. The lowest BCUT2D eigenvalue weighted by atomic mass is 10.1. The van der Waals surface area contributed by atoms with Crippen LogP contribution in [0.4, 0.5) is 22.0 Å². The molecule has 27 heavy (non-hydrogen) atoms. The topological polar surface area (TPSA) is 26.3 Å². The molecule has 2 nitrogen and oxygen atoms in total. The Labute approximate surface area is 157 Å². The van der Waals surface area contributed by atoms with Crippen molar-refractivity contribution < 1.29 is 31.5 Å². The number of benzene rings is 1. The van der Waals surface area contributed by atoms with Gasteiger partial charge in [0.1, 0.15) is 5.56 Å². The van der Waals surface area contributed by atoms with Crippen LogP contribution >= 0.6 is 0 Å². The summed E-state index contributed by atoms with van der Waals surface area (Å²) in [7, 11) is 0. The summed E-state index contributed by atoms with van der Waals surface area (Å²) in [5.41, 5.74) is -1.50. The Bertz CT molecular complexity index is 590. The standard InChI is InChI=1S/C20H27F5O2/c1-2-3-4-5-6-7-8-9-10-11-12-17(26)27-20(24,25)15-13-14-16(21)19(23)18(15)22/h13-14H,2-12H2,1H3. The zero-order valence-electron chi connectivity index (χ0n) is 15.6. The van der Waals surface area contributed by atoms with Crippen LogP contribution in [0, 0.1) is 17.5 Å². The maximum Gasteiger partial charge on any atom is 0.431 e. The molecule has 1 aromatic carbocycles. The molecule has 0 aliphatic heterocycles. The van der Waals surface area contributed by atoms with Crippen LogP contribution in [0.25, 0.3) is 0 Å². The molecule has 0 aliphatic carbocycles. The second-order valence-corrected chi connectivity index (χ2v) is 6.65. The first-order valence-corrected chi connectivity index (χ1v) is 9.53. The molecule has 0 bridgehead atoms. The zero-order valence-corrected chi connectivity index (χ0v) is 15.6. The molecule has 0 saturated heterocycles. The predicted octanol–water partition coefficient (Wildman–Crippen LogP) is 7.01. The van der Waals surface area contributed by atoms with Crippen LogP contribution in [-0.4, -0.2) is 5.97 Å². The largest absolute Gasteiger partial charge is 0.431 e. The average Bonchev–Trinajstić information content (AvgIpc) is 2.60. The van der Waals surface area contributed by atoms with Gasteiger partial charge in [0.05, 0.1) is 0 Å². The third kappa shape index (κ3) is 8.26. The van der Waals surface area contributed by atoms with Gasteiger partial charge in [0.25, 0.3) is 0 Å². The number of esters is 1. The van der Waals surface area contributed by atoms with Gasteiger partial charge in [-0.15, -0.1) is 0 Å². The minimum absolute atomic E-state index is 0.239. The Balaban J connectivity index is 2.27. The monoisotopic (exact) mass is 394 g/mol. The molecule has 0 N–H and O–H groups in total. The molecule has 0 atom stereocenters. The van der Waals surface area contributed by atoms with E-state index in [4.69, 9.17) is 0 Å². The summed E-state index contributed by atoms with van der Waals surface area (Å²) in [5.74, 6) is -6.89. The normalized spacial score (nSPS) is 11.6. The van der Waals surface area contributed by atoms with E-state index in [1.165, 1.54) is 32.1 Å². The van der Waals surface area contributed by atoms with Crippen LogP contribution in [-0.2, 0) is 15.6 Å². The van der Waals surface area contributed by atoms with Gasteiger partial charge in [0.15, 0.2) is 17.5 Å². The van der Waals surface area contributed by atoms with E-state index in [-0.39, 0.29) is 6.42 Å². The van der Waals surface area contributed by atoms with Gasteiger partial charge in [-0.25, -0.2) is 13.2 Å². The third-order valence-corrected chi connectivity index (χ3v) is 4.33. The number of carbonyl (C=O) groups excluding carboxylic acids is 1. The lowest BCUT2D eigenvalue weighted by Crippen LogP contribution is -2.24. The number of halogens is 5. The van der Waals surface area contributed by atoms with E-state index in [1.807, 2.05) is 0 Å².